The van der Waals surface area contributed by atoms with Crippen LogP contribution in [0.15, 0.2) is 83.7 Å². The molecule has 0 atom stereocenters. The second-order valence-corrected chi connectivity index (χ2v) is 6.09. The number of fused-ring (bicyclic) bond motifs is 1. The summed E-state index contributed by atoms with van der Waals surface area (Å²) in [7, 11) is 0. The van der Waals surface area contributed by atoms with Crippen molar-refractivity contribution in [2.45, 2.75) is 6.92 Å². The molecule has 0 aliphatic heterocycles. The summed E-state index contributed by atoms with van der Waals surface area (Å²) in [6, 6.07) is 23.5. The first-order valence-corrected chi connectivity index (χ1v) is 8.11. The Balaban J connectivity index is 2.01. The molecule has 4 aromatic rings. The van der Waals surface area contributed by atoms with Crippen molar-refractivity contribution >= 4 is 10.9 Å². The topological polar surface area (TPSA) is 22.0 Å². The molecule has 0 saturated heterocycles. The van der Waals surface area contributed by atoms with Gasteiger partial charge in [0.1, 0.15) is 5.82 Å². The molecule has 0 fully saturated rings. The van der Waals surface area contributed by atoms with Gasteiger partial charge in [-0.25, -0.2) is 4.39 Å². The highest BCUT2D eigenvalue weighted by Crippen LogP contribution is 2.29. The lowest BCUT2D eigenvalue weighted by Gasteiger charge is -2.13. The van der Waals surface area contributed by atoms with E-state index in [9.17, 15) is 9.18 Å². The quantitative estimate of drug-likeness (QED) is 0.501. The van der Waals surface area contributed by atoms with E-state index in [4.69, 9.17) is 0 Å². The van der Waals surface area contributed by atoms with Crippen LogP contribution in [-0.4, -0.2) is 4.57 Å². The maximum Gasteiger partial charge on any atom is 0.255 e. The molecule has 0 saturated carbocycles. The monoisotopic (exact) mass is 329 g/mol. The summed E-state index contributed by atoms with van der Waals surface area (Å²) in [6.45, 7) is 2.02. The van der Waals surface area contributed by atoms with Crippen molar-refractivity contribution in [1.29, 1.82) is 0 Å². The van der Waals surface area contributed by atoms with Gasteiger partial charge in [-0.2, -0.15) is 0 Å². The van der Waals surface area contributed by atoms with Crippen LogP contribution in [0.2, 0.25) is 0 Å². The van der Waals surface area contributed by atoms with Crippen molar-refractivity contribution in [3.05, 3.63) is 101 Å². The van der Waals surface area contributed by atoms with E-state index in [1.807, 2.05) is 55.5 Å². The molecular weight excluding hydrogens is 313 g/mol. The standard InChI is InChI=1S/C22H16FNO/c1-15-5-11-18(12-6-15)24-21-4-2-3-19(20(21)13-14-22(24)25)16-7-9-17(23)10-8-16/h2-14H,1H3. The molecule has 4 rings (SSSR count). The number of rotatable bonds is 2. The van der Waals surface area contributed by atoms with Crippen LogP contribution in [0.4, 0.5) is 4.39 Å². The van der Waals surface area contributed by atoms with Crippen molar-refractivity contribution in [2.75, 3.05) is 0 Å². The fraction of sp³-hybridized carbons (Fsp3) is 0.0455. The van der Waals surface area contributed by atoms with Crippen LogP contribution in [-0.2, 0) is 0 Å². The first-order valence-electron chi connectivity index (χ1n) is 8.11. The van der Waals surface area contributed by atoms with Gasteiger partial charge in [0.05, 0.1) is 5.52 Å². The predicted octanol–water partition coefficient (Wildman–Crippen LogP) is 5.11. The van der Waals surface area contributed by atoms with Crippen molar-refractivity contribution in [3.63, 3.8) is 0 Å². The molecule has 0 aliphatic rings. The Morgan fingerprint density at radius 1 is 0.800 bits per heavy atom. The zero-order valence-electron chi connectivity index (χ0n) is 13.7. The van der Waals surface area contributed by atoms with Crippen molar-refractivity contribution in [3.8, 4) is 16.8 Å². The van der Waals surface area contributed by atoms with Crippen molar-refractivity contribution in [1.82, 2.24) is 4.57 Å². The van der Waals surface area contributed by atoms with Gasteiger partial charge in [-0.1, -0.05) is 42.0 Å². The van der Waals surface area contributed by atoms with E-state index in [0.717, 1.165) is 33.3 Å². The van der Waals surface area contributed by atoms with Gasteiger partial charge >= 0.3 is 0 Å². The molecular formula is C22H16FNO. The molecule has 1 heterocycles. The highest BCUT2D eigenvalue weighted by molar-refractivity contribution is 5.95. The number of aryl methyl sites for hydroxylation is 1. The van der Waals surface area contributed by atoms with Gasteiger partial charge in [0.25, 0.3) is 5.56 Å². The fourth-order valence-corrected chi connectivity index (χ4v) is 3.11. The number of nitrogens with zero attached hydrogens (tertiary/aromatic N) is 1. The number of hydrogen-bond donors (Lipinski definition) is 0. The van der Waals surface area contributed by atoms with Crippen molar-refractivity contribution < 1.29 is 4.39 Å². The summed E-state index contributed by atoms with van der Waals surface area (Å²) >= 11 is 0. The van der Waals surface area contributed by atoms with Gasteiger partial charge in [0.15, 0.2) is 0 Å². The van der Waals surface area contributed by atoms with Gasteiger partial charge in [0.2, 0.25) is 0 Å². The van der Waals surface area contributed by atoms with E-state index >= 15 is 0 Å². The molecule has 2 nitrogen and oxygen atoms in total. The van der Waals surface area contributed by atoms with Crippen LogP contribution in [0.5, 0.6) is 0 Å². The van der Waals surface area contributed by atoms with Gasteiger partial charge in [-0.05, 0) is 54.4 Å². The predicted molar refractivity (Wildman–Crippen MR) is 99.7 cm³/mol. The molecule has 3 heteroatoms. The SMILES string of the molecule is Cc1ccc(-n2c(=O)ccc3c(-c4ccc(F)cc4)cccc32)cc1. The molecule has 0 unspecified atom stereocenters. The first-order chi connectivity index (χ1) is 12.1. The van der Waals surface area contributed by atoms with E-state index in [0.29, 0.717) is 0 Å². The molecule has 1 aromatic heterocycles. The number of halogens is 1. The zero-order valence-corrected chi connectivity index (χ0v) is 13.7. The van der Waals surface area contributed by atoms with Gasteiger partial charge in [0, 0.05) is 17.1 Å². The molecule has 0 radical (unpaired) electrons. The largest absolute Gasteiger partial charge is 0.277 e. The fourth-order valence-electron chi connectivity index (χ4n) is 3.11. The summed E-state index contributed by atoms with van der Waals surface area (Å²) < 4.78 is 15.0. The Labute approximate surface area is 144 Å². The lowest BCUT2D eigenvalue weighted by molar-refractivity contribution is 0.628. The normalized spacial score (nSPS) is 11.0. The highest BCUT2D eigenvalue weighted by atomic mass is 19.1. The summed E-state index contributed by atoms with van der Waals surface area (Å²) in [5.74, 6) is -0.263. The lowest BCUT2D eigenvalue weighted by Crippen LogP contribution is -2.17. The smallest absolute Gasteiger partial charge is 0.255 e. The van der Waals surface area contributed by atoms with E-state index in [1.54, 1.807) is 22.8 Å². The van der Waals surface area contributed by atoms with Crippen LogP contribution >= 0.6 is 0 Å². The van der Waals surface area contributed by atoms with E-state index in [-0.39, 0.29) is 11.4 Å². The molecule has 0 spiro atoms. The van der Waals surface area contributed by atoms with E-state index in [1.165, 1.54) is 12.1 Å². The van der Waals surface area contributed by atoms with Gasteiger partial charge in [-0.3, -0.25) is 9.36 Å². The molecule has 0 aliphatic carbocycles. The summed E-state index contributed by atoms with van der Waals surface area (Å²) in [4.78, 5) is 12.5. The lowest BCUT2D eigenvalue weighted by atomic mass is 10.0. The van der Waals surface area contributed by atoms with Crippen LogP contribution in [0.3, 0.4) is 0 Å². The molecule has 3 aromatic carbocycles. The molecule has 25 heavy (non-hydrogen) atoms. The van der Waals surface area contributed by atoms with E-state index < -0.39 is 0 Å². The van der Waals surface area contributed by atoms with Gasteiger partial charge in [-0.15, -0.1) is 0 Å². The minimum atomic E-state index is -0.263. The average Bonchev–Trinajstić information content (AvgIpc) is 2.63. The number of pyridine rings is 1. The summed E-state index contributed by atoms with van der Waals surface area (Å²) in [5, 5.41) is 0.953. The summed E-state index contributed by atoms with van der Waals surface area (Å²) in [5.41, 5.74) is 4.62. The Bertz CT molecular complexity index is 1110. The minimum absolute atomic E-state index is 0.0763. The van der Waals surface area contributed by atoms with Crippen LogP contribution in [0, 0.1) is 12.7 Å². The molecule has 122 valence electrons. The second-order valence-electron chi connectivity index (χ2n) is 6.09. The molecule has 0 N–H and O–H groups in total. The molecule has 0 amide bonds. The Kier molecular flexibility index (Phi) is 3.69. The Morgan fingerprint density at radius 2 is 1.52 bits per heavy atom. The maximum absolute atomic E-state index is 13.2. The van der Waals surface area contributed by atoms with Gasteiger partial charge < -0.3 is 0 Å². The Morgan fingerprint density at radius 3 is 2.24 bits per heavy atom. The van der Waals surface area contributed by atoms with Crippen molar-refractivity contribution in [2.24, 2.45) is 0 Å². The zero-order chi connectivity index (χ0) is 17.4. The number of benzene rings is 3. The summed E-state index contributed by atoms with van der Waals surface area (Å²) in [6.07, 6.45) is 0. The average molecular weight is 329 g/mol. The number of hydrogen-bond acceptors (Lipinski definition) is 1. The Hall–Kier alpha value is -3.20. The van der Waals surface area contributed by atoms with Crippen LogP contribution in [0.25, 0.3) is 27.7 Å². The molecule has 0 bridgehead atoms. The third-order valence-electron chi connectivity index (χ3n) is 4.38. The second kappa shape index (κ2) is 6.02. The number of aromatic nitrogens is 1. The third-order valence-corrected chi connectivity index (χ3v) is 4.38. The van der Waals surface area contributed by atoms with Crippen LogP contribution < -0.4 is 5.56 Å². The van der Waals surface area contributed by atoms with Crippen LogP contribution in [0.1, 0.15) is 5.56 Å². The highest BCUT2D eigenvalue weighted by Gasteiger charge is 2.09. The first kappa shape index (κ1) is 15.3. The van der Waals surface area contributed by atoms with E-state index in [2.05, 4.69) is 0 Å². The third kappa shape index (κ3) is 2.74. The maximum atomic E-state index is 13.2. The minimum Gasteiger partial charge on any atom is -0.277 e.